The number of hydrogen-bond donors (Lipinski definition) is 1. The van der Waals surface area contributed by atoms with Gasteiger partial charge in [0.25, 0.3) is 0 Å². The number of anilines is 1. The molecule has 1 fully saturated rings. The number of methoxy groups -OCH3 is 1. The smallest absolute Gasteiger partial charge is 0.238 e. The average Bonchev–Trinajstić information content (AvgIpc) is 2.89. The maximum Gasteiger partial charge on any atom is 0.238 e. The van der Waals surface area contributed by atoms with E-state index in [1.807, 2.05) is 37.3 Å². The lowest BCUT2D eigenvalue weighted by Gasteiger charge is -2.45. The number of Topliss-reactive ketones (excluding diaryl/α,β-unsaturated/α-hetero) is 1. The molecule has 0 radical (unpaired) electrons. The van der Waals surface area contributed by atoms with Gasteiger partial charge in [0.1, 0.15) is 11.2 Å². The van der Waals surface area contributed by atoms with Crippen LogP contribution < -0.4 is 5.32 Å². The highest BCUT2D eigenvalue weighted by atomic mass is 35.5. The third kappa shape index (κ3) is 2.32. The molecule has 1 N–H and O–H groups in total. The number of halogens is 1. The molecular formula is C21H20ClNO3. The molecule has 3 atom stereocenters. The molecule has 134 valence electrons. The summed E-state index contributed by atoms with van der Waals surface area (Å²) < 4.78 is 5.73. The van der Waals surface area contributed by atoms with E-state index in [-0.39, 0.29) is 24.0 Å². The predicted octanol–water partition coefficient (Wildman–Crippen LogP) is 4.00. The van der Waals surface area contributed by atoms with E-state index in [9.17, 15) is 9.59 Å². The standard InChI is InChI=1S/C21H20ClNO3/c1-12-5-3-4-6-15(12)17-10-14(24)11-19(26-2)21(17)16-8-7-13(22)9-18(16)23-20(21)25/h3-9,17,19H,10-11H2,1-2H3,(H,23,25). The largest absolute Gasteiger partial charge is 0.379 e. The van der Waals surface area contributed by atoms with Crippen LogP contribution in [0.2, 0.25) is 5.02 Å². The SMILES string of the molecule is COC1CC(=O)CC(c2ccccc2C)C12C(=O)Nc1cc(Cl)ccc12. The molecule has 5 heteroatoms. The molecule has 3 unspecified atom stereocenters. The number of rotatable bonds is 2. The summed E-state index contributed by atoms with van der Waals surface area (Å²) in [6.07, 6.45) is 0.0324. The average molecular weight is 370 g/mol. The lowest BCUT2D eigenvalue weighted by Crippen LogP contribution is -2.55. The number of fused-ring (bicyclic) bond motifs is 2. The zero-order valence-electron chi connectivity index (χ0n) is 14.7. The van der Waals surface area contributed by atoms with Gasteiger partial charge >= 0.3 is 0 Å². The summed E-state index contributed by atoms with van der Waals surface area (Å²) in [7, 11) is 1.57. The highest BCUT2D eigenvalue weighted by Gasteiger charge is 2.61. The third-order valence-corrected chi connectivity index (χ3v) is 6.04. The van der Waals surface area contributed by atoms with Crippen molar-refractivity contribution in [2.45, 2.75) is 37.2 Å². The molecule has 2 aromatic carbocycles. The lowest BCUT2D eigenvalue weighted by atomic mass is 9.58. The van der Waals surface area contributed by atoms with Gasteiger partial charge in [-0.05, 0) is 35.7 Å². The molecule has 0 aromatic heterocycles. The van der Waals surface area contributed by atoms with E-state index < -0.39 is 11.5 Å². The lowest BCUT2D eigenvalue weighted by molar-refractivity contribution is -0.137. The van der Waals surface area contributed by atoms with Crippen LogP contribution in [-0.2, 0) is 19.7 Å². The summed E-state index contributed by atoms with van der Waals surface area (Å²) >= 11 is 6.13. The van der Waals surface area contributed by atoms with Crippen LogP contribution in [0.1, 0.15) is 35.4 Å². The predicted molar refractivity (Wildman–Crippen MR) is 101 cm³/mol. The van der Waals surface area contributed by atoms with Gasteiger partial charge in [-0.2, -0.15) is 0 Å². The second-order valence-electron chi connectivity index (χ2n) is 7.09. The molecule has 1 aliphatic heterocycles. The van der Waals surface area contributed by atoms with Crippen molar-refractivity contribution in [3.05, 3.63) is 64.2 Å². The van der Waals surface area contributed by atoms with Gasteiger partial charge in [0.2, 0.25) is 5.91 Å². The van der Waals surface area contributed by atoms with Crippen molar-refractivity contribution in [2.24, 2.45) is 0 Å². The van der Waals surface area contributed by atoms with Crippen LogP contribution in [0.25, 0.3) is 0 Å². The molecule has 0 bridgehead atoms. The quantitative estimate of drug-likeness (QED) is 0.870. The molecule has 26 heavy (non-hydrogen) atoms. The molecule has 4 rings (SSSR count). The van der Waals surface area contributed by atoms with Crippen LogP contribution in [-0.4, -0.2) is 24.9 Å². The fourth-order valence-electron chi connectivity index (χ4n) is 4.66. The van der Waals surface area contributed by atoms with Gasteiger partial charge in [0.05, 0.1) is 6.10 Å². The van der Waals surface area contributed by atoms with E-state index in [1.54, 1.807) is 19.2 Å². The van der Waals surface area contributed by atoms with Gasteiger partial charge in [-0.15, -0.1) is 0 Å². The molecular weight excluding hydrogens is 350 g/mol. The summed E-state index contributed by atoms with van der Waals surface area (Å²) in [6, 6.07) is 13.4. The number of ether oxygens (including phenoxy) is 1. The maximum atomic E-state index is 13.3. The number of hydrogen-bond acceptors (Lipinski definition) is 3. The van der Waals surface area contributed by atoms with Crippen molar-refractivity contribution in [3.8, 4) is 0 Å². The Bertz CT molecular complexity index is 910. The van der Waals surface area contributed by atoms with Gasteiger partial charge in [-0.3, -0.25) is 9.59 Å². The molecule has 1 saturated carbocycles. The van der Waals surface area contributed by atoms with Crippen molar-refractivity contribution in [1.82, 2.24) is 0 Å². The van der Waals surface area contributed by atoms with Crippen molar-refractivity contribution in [2.75, 3.05) is 12.4 Å². The number of carbonyl (C=O) groups is 2. The minimum atomic E-state index is -0.936. The molecule has 4 nitrogen and oxygen atoms in total. The first-order valence-electron chi connectivity index (χ1n) is 8.70. The van der Waals surface area contributed by atoms with E-state index in [4.69, 9.17) is 16.3 Å². The summed E-state index contributed by atoms with van der Waals surface area (Å²) in [4.78, 5) is 25.9. The fourth-order valence-corrected chi connectivity index (χ4v) is 4.83. The molecule has 2 aliphatic rings. The Balaban J connectivity index is 1.99. The number of amides is 1. The van der Waals surface area contributed by atoms with Gasteiger partial charge in [0, 0.05) is 36.6 Å². The number of carbonyl (C=O) groups excluding carboxylic acids is 2. The maximum absolute atomic E-state index is 13.3. The first-order chi connectivity index (χ1) is 12.5. The van der Waals surface area contributed by atoms with Crippen LogP contribution in [0, 0.1) is 6.92 Å². The number of ketones is 1. The molecule has 1 spiro atoms. The number of benzene rings is 2. The number of nitrogens with one attached hydrogen (secondary N) is 1. The molecule has 1 amide bonds. The van der Waals surface area contributed by atoms with Gasteiger partial charge in [-0.25, -0.2) is 0 Å². The van der Waals surface area contributed by atoms with Crippen LogP contribution in [0.4, 0.5) is 5.69 Å². The van der Waals surface area contributed by atoms with Crippen molar-refractivity contribution >= 4 is 29.0 Å². The Hall–Kier alpha value is -2.17. The van der Waals surface area contributed by atoms with Gasteiger partial charge in [-0.1, -0.05) is 41.9 Å². The first kappa shape index (κ1) is 17.3. The topological polar surface area (TPSA) is 55.4 Å². The minimum Gasteiger partial charge on any atom is -0.379 e. The molecule has 1 aliphatic carbocycles. The van der Waals surface area contributed by atoms with Gasteiger partial charge in [0.15, 0.2) is 0 Å². The van der Waals surface area contributed by atoms with Crippen molar-refractivity contribution in [3.63, 3.8) is 0 Å². The van der Waals surface area contributed by atoms with E-state index >= 15 is 0 Å². The third-order valence-electron chi connectivity index (χ3n) is 5.80. The summed E-state index contributed by atoms with van der Waals surface area (Å²) in [5, 5.41) is 3.55. The molecule has 2 aromatic rings. The number of aryl methyl sites for hydroxylation is 1. The van der Waals surface area contributed by atoms with E-state index in [0.717, 1.165) is 16.7 Å². The second kappa shape index (κ2) is 6.22. The minimum absolute atomic E-state index is 0.117. The van der Waals surface area contributed by atoms with E-state index in [0.29, 0.717) is 17.1 Å². The van der Waals surface area contributed by atoms with E-state index in [1.165, 1.54) is 0 Å². The van der Waals surface area contributed by atoms with Gasteiger partial charge < -0.3 is 10.1 Å². The highest BCUT2D eigenvalue weighted by Crippen LogP contribution is 2.55. The fraction of sp³-hybridized carbons (Fsp3) is 0.333. The summed E-state index contributed by atoms with van der Waals surface area (Å²) in [5.41, 5.74) is 2.71. The van der Waals surface area contributed by atoms with Crippen LogP contribution >= 0.6 is 11.6 Å². The Labute approximate surface area is 157 Å². The zero-order chi connectivity index (χ0) is 18.5. The second-order valence-corrected chi connectivity index (χ2v) is 7.53. The Morgan fingerprint density at radius 2 is 1.92 bits per heavy atom. The zero-order valence-corrected chi connectivity index (χ0v) is 15.5. The Morgan fingerprint density at radius 3 is 2.65 bits per heavy atom. The van der Waals surface area contributed by atoms with Crippen molar-refractivity contribution < 1.29 is 14.3 Å². The first-order valence-corrected chi connectivity index (χ1v) is 9.07. The normalized spacial score (nSPS) is 27.5. The van der Waals surface area contributed by atoms with Crippen LogP contribution in [0.15, 0.2) is 42.5 Å². The Morgan fingerprint density at radius 1 is 1.15 bits per heavy atom. The van der Waals surface area contributed by atoms with E-state index in [2.05, 4.69) is 5.32 Å². The van der Waals surface area contributed by atoms with Crippen LogP contribution in [0.3, 0.4) is 0 Å². The summed E-state index contributed by atoms with van der Waals surface area (Å²) in [5.74, 6) is -0.286. The molecule has 0 saturated heterocycles. The Kier molecular flexibility index (Phi) is 4.13. The highest BCUT2D eigenvalue weighted by molar-refractivity contribution is 6.31. The molecule has 1 heterocycles. The summed E-state index contributed by atoms with van der Waals surface area (Å²) in [6.45, 7) is 2.01. The monoisotopic (exact) mass is 369 g/mol. The van der Waals surface area contributed by atoms with Crippen molar-refractivity contribution in [1.29, 1.82) is 0 Å². The van der Waals surface area contributed by atoms with Crippen LogP contribution in [0.5, 0.6) is 0 Å².